The van der Waals surface area contributed by atoms with Crippen molar-refractivity contribution in [1.29, 1.82) is 0 Å². The molecule has 2 heterocycles. The number of ether oxygens (including phenoxy) is 2. The average Bonchev–Trinajstić information content (AvgIpc) is 2.40. The summed E-state index contributed by atoms with van der Waals surface area (Å²) in [5.41, 5.74) is 0.428. The van der Waals surface area contributed by atoms with Gasteiger partial charge in [0.1, 0.15) is 0 Å². The van der Waals surface area contributed by atoms with Crippen LogP contribution in [0, 0.1) is 5.41 Å². The molecular weight excluding hydrogens is 240 g/mol. The first-order valence-corrected chi connectivity index (χ1v) is 7.69. The number of nitrogens with zero attached hydrogens (tertiary/aromatic N) is 1. The summed E-state index contributed by atoms with van der Waals surface area (Å²) in [7, 11) is 0. The van der Waals surface area contributed by atoms with Crippen LogP contribution in [-0.4, -0.2) is 63.0 Å². The van der Waals surface area contributed by atoms with Crippen molar-refractivity contribution in [2.75, 3.05) is 52.6 Å². The van der Waals surface area contributed by atoms with Gasteiger partial charge in [0, 0.05) is 37.2 Å². The Bertz CT molecular complexity index is 275. The van der Waals surface area contributed by atoms with Crippen molar-refractivity contribution in [3.05, 3.63) is 0 Å². The SMILES string of the molecule is CCNCC1(CN2CCOCC2(C)C)CCCOC1. The summed E-state index contributed by atoms with van der Waals surface area (Å²) in [4.78, 5) is 2.60. The first kappa shape index (κ1) is 15.2. The zero-order valence-corrected chi connectivity index (χ0v) is 12.8. The summed E-state index contributed by atoms with van der Waals surface area (Å²) in [5.74, 6) is 0. The molecule has 0 aliphatic carbocycles. The fourth-order valence-corrected chi connectivity index (χ4v) is 3.21. The van der Waals surface area contributed by atoms with Gasteiger partial charge >= 0.3 is 0 Å². The van der Waals surface area contributed by atoms with E-state index in [0.717, 1.165) is 52.6 Å². The zero-order chi connectivity index (χ0) is 13.8. The molecule has 0 amide bonds. The third-order valence-corrected chi connectivity index (χ3v) is 4.50. The molecule has 1 atom stereocenters. The second kappa shape index (κ2) is 6.53. The summed E-state index contributed by atoms with van der Waals surface area (Å²) in [6.45, 7) is 14.5. The molecule has 2 rings (SSSR count). The lowest BCUT2D eigenvalue weighted by molar-refractivity contribution is -0.0924. The predicted molar refractivity (Wildman–Crippen MR) is 77.5 cm³/mol. The number of hydrogen-bond acceptors (Lipinski definition) is 4. The van der Waals surface area contributed by atoms with E-state index >= 15 is 0 Å². The molecule has 1 unspecified atom stereocenters. The maximum absolute atomic E-state index is 5.79. The Balaban J connectivity index is 2.01. The van der Waals surface area contributed by atoms with Gasteiger partial charge in [0.2, 0.25) is 0 Å². The maximum Gasteiger partial charge on any atom is 0.0645 e. The summed E-state index contributed by atoms with van der Waals surface area (Å²) in [6, 6.07) is 0. The lowest BCUT2D eigenvalue weighted by Gasteiger charge is -2.48. The van der Waals surface area contributed by atoms with Crippen molar-refractivity contribution >= 4 is 0 Å². The first-order chi connectivity index (χ1) is 9.08. The van der Waals surface area contributed by atoms with Gasteiger partial charge in [0.15, 0.2) is 0 Å². The Morgan fingerprint density at radius 2 is 1.95 bits per heavy atom. The average molecular weight is 270 g/mol. The highest BCUT2D eigenvalue weighted by Crippen LogP contribution is 2.32. The minimum absolute atomic E-state index is 0.148. The highest BCUT2D eigenvalue weighted by atomic mass is 16.5. The smallest absolute Gasteiger partial charge is 0.0645 e. The highest BCUT2D eigenvalue weighted by molar-refractivity contribution is 4.93. The van der Waals surface area contributed by atoms with Crippen molar-refractivity contribution in [1.82, 2.24) is 10.2 Å². The van der Waals surface area contributed by atoms with Gasteiger partial charge < -0.3 is 14.8 Å². The Morgan fingerprint density at radius 1 is 1.16 bits per heavy atom. The lowest BCUT2D eigenvalue weighted by atomic mass is 9.80. The lowest BCUT2D eigenvalue weighted by Crippen LogP contribution is -2.59. The maximum atomic E-state index is 5.79. The van der Waals surface area contributed by atoms with Gasteiger partial charge in [-0.15, -0.1) is 0 Å². The van der Waals surface area contributed by atoms with E-state index in [1.807, 2.05) is 0 Å². The van der Waals surface area contributed by atoms with Crippen molar-refractivity contribution in [2.24, 2.45) is 5.41 Å². The van der Waals surface area contributed by atoms with Gasteiger partial charge in [-0.05, 0) is 33.2 Å². The van der Waals surface area contributed by atoms with Crippen LogP contribution in [0.3, 0.4) is 0 Å². The fraction of sp³-hybridized carbons (Fsp3) is 1.00. The van der Waals surface area contributed by atoms with Crippen LogP contribution >= 0.6 is 0 Å². The van der Waals surface area contributed by atoms with E-state index < -0.39 is 0 Å². The molecule has 1 N–H and O–H groups in total. The van der Waals surface area contributed by atoms with E-state index in [1.54, 1.807) is 0 Å². The van der Waals surface area contributed by atoms with Crippen molar-refractivity contribution in [3.8, 4) is 0 Å². The van der Waals surface area contributed by atoms with E-state index in [9.17, 15) is 0 Å². The first-order valence-electron chi connectivity index (χ1n) is 7.69. The quantitative estimate of drug-likeness (QED) is 0.821. The summed E-state index contributed by atoms with van der Waals surface area (Å²) < 4.78 is 11.4. The molecule has 2 fully saturated rings. The van der Waals surface area contributed by atoms with Crippen molar-refractivity contribution in [2.45, 2.75) is 39.2 Å². The molecule has 0 saturated carbocycles. The van der Waals surface area contributed by atoms with E-state index in [-0.39, 0.29) is 11.0 Å². The molecule has 112 valence electrons. The standard InChI is InChI=1S/C15H30N2O2/c1-4-16-10-15(6-5-8-18-13-15)11-17-7-9-19-12-14(17,2)3/h16H,4-13H2,1-3H3. The number of nitrogens with one attached hydrogen (secondary N) is 1. The molecular formula is C15H30N2O2. The highest BCUT2D eigenvalue weighted by Gasteiger charge is 2.39. The Hall–Kier alpha value is -0.160. The number of rotatable bonds is 5. The van der Waals surface area contributed by atoms with Crippen LogP contribution in [0.25, 0.3) is 0 Å². The van der Waals surface area contributed by atoms with Gasteiger partial charge in [0.25, 0.3) is 0 Å². The molecule has 19 heavy (non-hydrogen) atoms. The second-order valence-corrected chi connectivity index (χ2v) is 6.72. The molecule has 0 aromatic rings. The molecule has 0 spiro atoms. The normalized spacial score (nSPS) is 32.4. The van der Waals surface area contributed by atoms with Gasteiger partial charge in [-0.2, -0.15) is 0 Å². The largest absolute Gasteiger partial charge is 0.381 e. The Morgan fingerprint density at radius 3 is 2.58 bits per heavy atom. The topological polar surface area (TPSA) is 33.7 Å². The van der Waals surface area contributed by atoms with Crippen LogP contribution in [0.1, 0.15) is 33.6 Å². The van der Waals surface area contributed by atoms with E-state index in [4.69, 9.17) is 9.47 Å². The molecule has 0 aromatic heterocycles. The van der Waals surface area contributed by atoms with Crippen LogP contribution in [0.4, 0.5) is 0 Å². The van der Waals surface area contributed by atoms with Crippen LogP contribution in [-0.2, 0) is 9.47 Å². The summed E-state index contributed by atoms with van der Waals surface area (Å²) in [6.07, 6.45) is 2.46. The summed E-state index contributed by atoms with van der Waals surface area (Å²) >= 11 is 0. The monoisotopic (exact) mass is 270 g/mol. The van der Waals surface area contributed by atoms with E-state index in [2.05, 4.69) is 31.0 Å². The number of hydrogen-bond donors (Lipinski definition) is 1. The van der Waals surface area contributed by atoms with Gasteiger partial charge in [0.05, 0.1) is 19.8 Å². The molecule has 0 bridgehead atoms. The predicted octanol–water partition coefficient (Wildman–Crippen LogP) is 1.50. The van der Waals surface area contributed by atoms with Gasteiger partial charge in [-0.1, -0.05) is 6.92 Å². The zero-order valence-electron chi connectivity index (χ0n) is 12.8. The molecule has 4 nitrogen and oxygen atoms in total. The summed E-state index contributed by atoms with van der Waals surface area (Å²) in [5, 5.41) is 3.54. The van der Waals surface area contributed by atoms with Gasteiger partial charge in [-0.25, -0.2) is 0 Å². The third-order valence-electron chi connectivity index (χ3n) is 4.50. The Kier molecular flexibility index (Phi) is 5.23. The number of morpholine rings is 1. The Labute approximate surface area is 117 Å². The third kappa shape index (κ3) is 3.91. The van der Waals surface area contributed by atoms with Crippen LogP contribution in [0.2, 0.25) is 0 Å². The minimum atomic E-state index is 0.148. The molecule has 2 aliphatic rings. The minimum Gasteiger partial charge on any atom is -0.381 e. The van der Waals surface area contributed by atoms with Gasteiger partial charge in [-0.3, -0.25) is 4.90 Å². The van der Waals surface area contributed by atoms with Crippen LogP contribution in [0.15, 0.2) is 0 Å². The van der Waals surface area contributed by atoms with E-state index in [1.165, 1.54) is 12.8 Å². The van der Waals surface area contributed by atoms with Crippen molar-refractivity contribution in [3.63, 3.8) is 0 Å². The molecule has 0 radical (unpaired) electrons. The van der Waals surface area contributed by atoms with Crippen LogP contribution < -0.4 is 5.32 Å². The second-order valence-electron chi connectivity index (χ2n) is 6.72. The molecule has 4 heteroatoms. The molecule has 2 aliphatic heterocycles. The molecule has 0 aromatic carbocycles. The fourth-order valence-electron chi connectivity index (χ4n) is 3.21. The molecule has 2 saturated heterocycles. The van der Waals surface area contributed by atoms with Crippen LogP contribution in [0.5, 0.6) is 0 Å². The van der Waals surface area contributed by atoms with Crippen molar-refractivity contribution < 1.29 is 9.47 Å². The van der Waals surface area contributed by atoms with E-state index in [0.29, 0.717) is 0 Å².